The number of pyridine rings is 1. The van der Waals surface area contributed by atoms with Gasteiger partial charge in [-0.15, -0.1) is 0 Å². The molecule has 0 spiro atoms. The van der Waals surface area contributed by atoms with E-state index in [1.54, 1.807) is 13.0 Å². The lowest BCUT2D eigenvalue weighted by Gasteiger charge is -2.09. The van der Waals surface area contributed by atoms with Crippen LogP contribution < -0.4 is 16.3 Å². The van der Waals surface area contributed by atoms with Gasteiger partial charge in [-0.25, -0.2) is 9.97 Å². The maximum Gasteiger partial charge on any atom is 0.490 e. The Morgan fingerprint density at radius 1 is 1.32 bits per heavy atom. The molecule has 0 saturated carbocycles. The molecule has 3 N–H and O–H groups in total. The summed E-state index contributed by atoms with van der Waals surface area (Å²) in [6.07, 6.45) is 2.75. The highest BCUT2D eigenvalue weighted by Gasteiger charge is 2.15. The van der Waals surface area contributed by atoms with E-state index in [2.05, 4.69) is 15.3 Å². The summed E-state index contributed by atoms with van der Waals surface area (Å²) < 4.78 is 1.27. The second-order valence-corrected chi connectivity index (χ2v) is 4.15. The molecule has 0 fully saturated rings. The van der Waals surface area contributed by atoms with E-state index in [9.17, 15) is 4.79 Å². The van der Waals surface area contributed by atoms with Crippen molar-refractivity contribution in [1.29, 1.82) is 0 Å². The van der Waals surface area contributed by atoms with Gasteiger partial charge in [0.25, 0.3) is 5.56 Å². The van der Waals surface area contributed by atoms with Crippen LogP contribution in [0, 0.1) is 6.92 Å². The number of anilines is 2. The van der Waals surface area contributed by atoms with Crippen LogP contribution in [0.25, 0.3) is 0 Å². The number of aryl methyl sites for hydroxylation is 2. The lowest BCUT2D eigenvalue weighted by Crippen LogP contribution is -2.35. The van der Waals surface area contributed by atoms with E-state index in [1.807, 2.05) is 0 Å². The van der Waals surface area contributed by atoms with E-state index in [4.69, 9.17) is 10.0 Å². The number of hydrogen-bond donors (Lipinski definition) is 3. The minimum absolute atomic E-state index is 0.214. The van der Waals surface area contributed by atoms with Gasteiger partial charge in [0.05, 0.1) is 0 Å². The van der Waals surface area contributed by atoms with Crippen LogP contribution in [0.4, 0.5) is 11.5 Å². The standard InChI is InChI=1S/C11H13BN4O3/c1-7-3-10(14-6-13-7)15-9-4-8(12(18)19)5-16(2)11(9)17/h3-6,18-19H,1-2H3,(H,13,14,15). The molecule has 2 heterocycles. The van der Waals surface area contributed by atoms with E-state index in [-0.39, 0.29) is 16.7 Å². The summed E-state index contributed by atoms with van der Waals surface area (Å²) in [5.41, 5.74) is 0.898. The van der Waals surface area contributed by atoms with Crippen LogP contribution in [0.5, 0.6) is 0 Å². The lowest BCUT2D eigenvalue weighted by atomic mass is 9.81. The molecule has 19 heavy (non-hydrogen) atoms. The van der Waals surface area contributed by atoms with Crippen LogP contribution >= 0.6 is 0 Å². The Morgan fingerprint density at radius 3 is 2.68 bits per heavy atom. The maximum atomic E-state index is 11.9. The van der Waals surface area contributed by atoms with E-state index < -0.39 is 7.12 Å². The Kier molecular flexibility index (Phi) is 3.63. The van der Waals surface area contributed by atoms with Crippen molar-refractivity contribution in [2.45, 2.75) is 6.92 Å². The summed E-state index contributed by atoms with van der Waals surface area (Å²) in [5, 5.41) is 21.2. The van der Waals surface area contributed by atoms with Gasteiger partial charge in [-0.2, -0.15) is 0 Å². The van der Waals surface area contributed by atoms with Gasteiger partial charge in [0, 0.05) is 30.5 Å². The lowest BCUT2D eigenvalue weighted by molar-refractivity contribution is 0.425. The highest BCUT2D eigenvalue weighted by Crippen LogP contribution is 2.09. The first kappa shape index (κ1) is 13.3. The molecule has 98 valence electrons. The molecule has 2 aromatic rings. The minimum Gasteiger partial charge on any atom is -0.423 e. The molecule has 0 aliphatic heterocycles. The van der Waals surface area contributed by atoms with Crippen LogP contribution in [0.15, 0.2) is 29.5 Å². The molecule has 0 radical (unpaired) electrons. The molecule has 0 atom stereocenters. The first-order valence-corrected chi connectivity index (χ1v) is 5.60. The molecule has 0 saturated heterocycles. The van der Waals surface area contributed by atoms with Crippen LogP contribution in [0.2, 0.25) is 0 Å². The Hall–Kier alpha value is -2.19. The predicted octanol–water partition coefficient (Wildman–Crippen LogP) is -1.09. The number of aromatic nitrogens is 3. The molecule has 2 rings (SSSR count). The molecule has 0 aliphatic rings. The van der Waals surface area contributed by atoms with Crippen molar-refractivity contribution >= 4 is 24.1 Å². The zero-order valence-corrected chi connectivity index (χ0v) is 10.5. The smallest absolute Gasteiger partial charge is 0.423 e. The second-order valence-electron chi connectivity index (χ2n) is 4.15. The molecular weight excluding hydrogens is 247 g/mol. The summed E-state index contributed by atoms with van der Waals surface area (Å²) in [6.45, 7) is 1.80. The van der Waals surface area contributed by atoms with E-state index in [1.165, 1.54) is 30.2 Å². The molecule has 2 aromatic heterocycles. The topological polar surface area (TPSA) is 100 Å². The van der Waals surface area contributed by atoms with Crippen molar-refractivity contribution in [3.8, 4) is 0 Å². The van der Waals surface area contributed by atoms with E-state index in [0.29, 0.717) is 5.82 Å². The van der Waals surface area contributed by atoms with Crippen molar-refractivity contribution in [2.24, 2.45) is 7.05 Å². The van der Waals surface area contributed by atoms with Crippen molar-refractivity contribution in [2.75, 3.05) is 5.32 Å². The van der Waals surface area contributed by atoms with E-state index >= 15 is 0 Å². The summed E-state index contributed by atoms with van der Waals surface area (Å²) >= 11 is 0. The van der Waals surface area contributed by atoms with Crippen LogP contribution in [0.3, 0.4) is 0 Å². The van der Waals surface area contributed by atoms with Gasteiger partial charge in [-0.05, 0) is 13.0 Å². The molecule has 8 heteroatoms. The van der Waals surface area contributed by atoms with Crippen molar-refractivity contribution in [1.82, 2.24) is 14.5 Å². The second kappa shape index (κ2) is 5.21. The fourth-order valence-corrected chi connectivity index (χ4v) is 1.63. The Balaban J connectivity index is 2.42. The van der Waals surface area contributed by atoms with Gasteiger partial charge in [0.15, 0.2) is 0 Å². The third-order valence-electron chi connectivity index (χ3n) is 2.57. The molecule has 0 unspecified atom stereocenters. The van der Waals surface area contributed by atoms with Crippen molar-refractivity contribution in [3.63, 3.8) is 0 Å². The average molecular weight is 260 g/mol. The van der Waals surface area contributed by atoms with Gasteiger partial charge < -0.3 is 19.9 Å². The largest absolute Gasteiger partial charge is 0.490 e. The summed E-state index contributed by atoms with van der Waals surface area (Å²) in [4.78, 5) is 19.9. The molecule has 0 aliphatic carbocycles. The van der Waals surface area contributed by atoms with E-state index in [0.717, 1.165) is 5.69 Å². The number of rotatable bonds is 3. The third-order valence-corrected chi connectivity index (χ3v) is 2.57. The molecule has 0 aromatic carbocycles. The quantitative estimate of drug-likeness (QED) is 0.606. The molecular formula is C11H13BN4O3. The SMILES string of the molecule is Cc1cc(Nc2cc(B(O)O)cn(C)c2=O)ncn1. The number of hydrogen-bond acceptors (Lipinski definition) is 6. The third kappa shape index (κ3) is 2.98. The first-order chi connectivity index (χ1) is 8.97. The van der Waals surface area contributed by atoms with Gasteiger partial charge in [0.2, 0.25) is 0 Å². The fourth-order valence-electron chi connectivity index (χ4n) is 1.63. The zero-order valence-electron chi connectivity index (χ0n) is 10.5. The summed E-state index contributed by atoms with van der Waals surface area (Å²) in [6, 6.07) is 3.06. The van der Waals surface area contributed by atoms with Gasteiger partial charge in [0.1, 0.15) is 17.8 Å². The van der Waals surface area contributed by atoms with Gasteiger partial charge in [-0.3, -0.25) is 4.79 Å². The Morgan fingerprint density at radius 2 is 2.05 bits per heavy atom. The zero-order chi connectivity index (χ0) is 14.0. The highest BCUT2D eigenvalue weighted by molar-refractivity contribution is 6.58. The summed E-state index contributed by atoms with van der Waals surface area (Å²) in [5.74, 6) is 0.467. The Labute approximate surface area is 109 Å². The van der Waals surface area contributed by atoms with Crippen molar-refractivity contribution < 1.29 is 10.0 Å². The van der Waals surface area contributed by atoms with Gasteiger partial charge >= 0.3 is 7.12 Å². The van der Waals surface area contributed by atoms with Gasteiger partial charge in [-0.1, -0.05) is 0 Å². The minimum atomic E-state index is -1.64. The molecule has 7 nitrogen and oxygen atoms in total. The Bertz CT molecular complexity index is 657. The summed E-state index contributed by atoms with van der Waals surface area (Å²) in [7, 11) is -0.107. The average Bonchev–Trinajstić information content (AvgIpc) is 2.34. The monoisotopic (exact) mass is 260 g/mol. The highest BCUT2D eigenvalue weighted by atomic mass is 16.4. The van der Waals surface area contributed by atoms with Crippen LogP contribution in [0.1, 0.15) is 5.69 Å². The normalized spacial score (nSPS) is 10.3. The number of nitrogens with zero attached hydrogens (tertiary/aromatic N) is 3. The van der Waals surface area contributed by atoms with Crippen LogP contribution in [-0.2, 0) is 7.05 Å². The van der Waals surface area contributed by atoms with Crippen molar-refractivity contribution in [3.05, 3.63) is 40.7 Å². The number of nitrogens with one attached hydrogen (secondary N) is 1. The fraction of sp³-hybridized carbons (Fsp3) is 0.182. The molecule has 0 amide bonds. The first-order valence-electron chi connectivity index (χ1n) is 5.60. The predicted molar refractivity (Wildman–Crippen MR) is 71.6 cm³/mol. The molecule has 0 bridgehead atoms. The van der Waals surface area contributed by atoms with Crippen LogP contribution in [-0.4, -0.2) is 31.7 Å². The maximum absolute atomic E-state index is 11.9.